The smallest absolute Gasteiger partial charge is 0.417 e. The van der Waals surface area contributed by atoms with Crippen molar-refractivity contribution in [1.29, 1.82) is 0 Å². The summed E-state index contributed by atoms with van der Waals surface area (Å²) in [6.45, 7) is 6.11. The molecule has 164 valence electrons. The standard InChI is InChI=1S/C22H32F3NO3/c1-4-5-6-7-8-11-14-29-21(28)19(15-16(2)3)26-20(27)17-12-9-10-13-18(17)22(23,24)25/h9-10,12-13,16,19H,4-8,11,14-15H2,1-3H3,(H,26,27). The van der Waals surface area contributed by atoms with Gasteiger partial charge in [0.15, 0.2) is 0 Å². The van der Waals surface area contributed by atoms with Gasteiger partial charge in [0.2, 0.25) is 0 Å². The lowest BCUT2D eigenvalue weighted by molar-refractivity contribution is -0.146. The van der Waals surface area contributed by atoms with Crippen LogP contribution in [0.4, 0.5) is 13.2 Å². The van der Waals surface area contributed by atoms with Crippen molar-refractivity contribution < 1.29 is 27.5 Å². The monoisotopic (exact) mass is 415 g/mol. The van der Waals surface area contributed by atoms with E-state index in [1.165, 1.54) is 18.6 Å². The number of unbranched alkanes of at least 4 members (excludes halogenated alkanes) is 5. The van der Waals surface area contributed by atoms with Gasteiger partial charge in [-0.3, -0.25) is 4.79 Å². The minimum absolute atomic E-state index is 0.0553. The van der Waals surface area contributed by atoms with Crippen LogP contribution < -0.4 is 5.32 Å². The second-order valence-corrected chi connectivity index (χ2v) is 7.63. The van der Waals surface area contributed by atoms with Gasteiger partial charge in [-0.25, -0.2) is 4.79 Å². The number of amides is 1. The number of ether oxygens (including phenoxy) is 1. The fraction of sp³-hybridized carbons (Fsp3) is 0.636. The summed E-state index contributed by atoms with van der Waals surface area (Å²) >= 11 is 0. The van der Waals surface area contributed by atoms with E-state index in [0.29, 0.717) is 0 Å². The Balaban J connectivity index is 2.69. The van der Waals surface area contributed by atoms with Gasteiger partial charge in [0.25, 0.3) is 5.91 Å². The average Bonchev–Trinajstić information content (AvgIpc) is 2.65. The van der Waals surface area contributed by atoms with Gasteiger partial charge in [-0.05, 0) is 30.9 Å². The van der Waals surface area contributed by atoms with E-state index in [4.69, 9.17) is 4.74 Å². The largest absolute Gasteiger partial charge is 0.464 e. The normalized spacial score (nSPS) is 12.7. The Labute approximate surface area is 171 Å². The minimum atomic E-state index is -4.65. The summed E-state index contributed by atoms with van der Waals surface area (Å²) in [4.78, 5) is 24.9. The van der Waals surface area contributed by atoms with Crippen LogP contribution in [0.5, 0.6) is 0 Å². The SMILES string of the molecule is CCCCCCCCOC(=O)C(CC(C)C)NC(=O)c1ccccc1C(F)(F)F. The Kier molecular flexibility index (Phi) is 10.8. The van der Waals surface area contributed by atoms with Crippen LogP contribution in [0.1, 0.15) is 81.6 Å². The molecule has 1 rings (SSSR count). The van der Waals surface area contributed by atoms with Crippen molar-refractivity contribution >= 4 is 11.9 Å². The second-order valence-electron chi connectivity index (χ2n) is 7.63. The minimum Gasteiger partial charge on any atom is -0.464 e. The maximum absolute atomic E-state index is 13.2. The van der Waals surface area contributed by atoms with Crippen LogP contribution in [0.25, 0.3) is 0 Å². The highest BCUT2D eigenvalue weighted by Crippen LogP contribution is 2.31. The average molecular weight is 415 g/mol. The molecule has 0 aliphatic rings. The summed E-state index contributed by atoms with van der Waals surface area (Å²) in [6.07, 6.45) is 1.88. The lowest BCUT2D eigenvalue weighted by atomic mass is 10.0. The Morgan fingerprint density at radius 2 is 1.66 bits per heavy atom. The molecule has 1 atom stereocenters. The van der Waals surface area contributed by atoms with Crippen LogP contribution in [-0.2, 0) is 15.7 Å². The van der Waals surface area contributed by atoms with Crippen LogP contribution in [0.15, 0.2) is 24.3 Å². The Bertz CT molecular complexity index is 644. The first-order valence-corrected chi connectivity index (χ1v) is 10.3. The van der Waals surface area contributed by atoms with Crippen molar-refractivity contribution in [2.45, 2.75) is 77.9 Å². The summed E-state index contributed by atoms with van der Waals surface area (Å²) in [7, 11) is 0. The topological polar surface area (TPSA) is 55.4 Å². The molecule has 0 aromatic heterocycles. The van der Waals surface area contributed by atoms with E-state index in [9.17, 15) is 22.8 Å². The van der Waals surface area contributed by atoms with E-state index >= 15 is 0 Å². The fourth-order valence-corrected chi connectivity index (χ4v) is 3.01. The predicted octanol–water partition coefficient (Wildman–Crippen LogP) is 5.75. The van der Waals surface area contributed by atoms with Crippen molar-refractivity contribution in [3.05, 3.63) is 35.4 Å². The highest BCUT2D eigenvalue weighted by atomic mass is 19.4. The van der Waals surface area contributed by atoms with Crippen molar-refractivity contribution in [2.24, 2.45) is 5.92 Å². The molecule has 1 aromatic rings. The molecular weight excluding hydrogens is 383 g/mol. The second kappa shape index (κ2) is 12.5. The Hall–Kier alpha value is -2.05. The lowest BCUT2D eigenvalue weighted by Gasteiger charge is -2.20. The van der Waals surface area contributed by atoms with Crippen LogP contribution in [0.2, 0.25) is 0 Å². The van der Waals surface area contributed by atoms with Crippen molar-refractivity contribution in [3.8, 4) is 0 Å². The van der Waals surface area contributed by atoms with Crippen LogP contribution in [0.3, 0.4) is 0 Å². The molecule has 0 saturated carbocycles. The van der Waals surface area contributed by atoms with Gasteiger partial charge in [0.05, 0.1) is 17.7 Å². The molecule has 1 amide bonds. The lowest BCUT2D eigenvalue weighted by Crippen LogP contribution is -2.43. The number of benzene rings is 1. The third kappa shape index (κ3) is 9.33. The Morgan fingerprint density at radius 1 is 1.03 bits per heavy atom. The number of hydrogen-bond donors (Lipinski definition) is 1. The van der Waals surface area contributed by atoms with Crippen LogP contribution in [-0.4, -0.2) is 24.5 Å². The van der Waals surface area contributed by atoms with Gasteiger partial charge in [0.1, 0.15) is 6.04 Å². The van der Waals surface area contributed by atoms with Gasteiger partial charge in [-0.15, -0.1) is 0 Å². The maximum atomic E-state index is 13.2. The molecule has 1 N–H and O–H groups in total. The zero-order chi connectivity index (χ0) is 21.9. The fourth-order valence-electron chi connectivity index (χ4n) is 3.01. The molecule has 29 heavy (non-hydrogen) atoms. The number of rotatable bonds is 12. The summed E-state index contributed by atoms with van der Waals surface area (Å²) in [5.74, 6) is -1.48. The van der Waals surface area contributed by atoms with Gasteiger partial charge < -0.3 is 10.1 Å². The molecule has 7 heteroatoms. The van der Waals surface area contributed by atoms with Gasteiger partial charge in [-0.1, -0.05) is 65.0 Å². The molecule has 4 nitrogen and oxygen atoms in total. The van der Waals surface area contributed by atoms with Crippen molar-refractivity contribution in [1.82, 2.24) is 5.32 Å². The molecule has 0 aliphatic heterocycles. The molecule has 0 bridgehead atoms. The van der Waals surface area contributed by atoms with Crippen molar-refractivity contribution in [2.75, 3.05) is 6.61 Å². The highest BCUT2D eigenvalue weighted by Gasteiger charge is 2.35. The summed E-state index contributed by atoms with van der Waals surface area (Å²) < 4.78 is 44.7. The summed E-state index contributed by atoms with van der Waals surface area (Å²) in [5.41, 5.74) is -1.53. The van der Waals surface area contributed by atoms with E-state index in [1.807, 2.05) is 13.8 Å². The predicted molar refractivity (Wildman–Crippen MR) is 106 cm³/mol. The Morgan fingerprint density at radius 3 is 2.28 bits per heavy atom. The van der Waals surface area contributed by atoms with Gasteiger partial charge >= 0.3 is 12.1 Å². The molecule has 1 aromatic carbocycles. The first-order valence-electron chi connectivity index (χ1n) is 10.3. The molecule has 0 heterocycles. The third-order valence-electron chi connectivity index (χ3n) is 4.52. The molecule has 0 fully saturated rings. The molecule has 0 radical (unpaired) electrons. The number of carbonyl (C=O) groups is 2. The van der Waals surface area contributed by atoms with E-state index in [1.54, 1.807) is 0 Å². The molecule has 0 saturated heterocycles. The molecule has 1 unspecified atom stereocenters. The number of alkyl halides is 3. The number of halogens is 3. The molecule has 0 aliphatic carbocycles. The zero-order valence-corrected chi connectivity index (χ0v) is 17.5. The summed E-state index contributed by atoms with van der Waals surface area (Å²) in [6, 6.07) is 3.55. The number of hydrogen-bond acceptors (Lipinski definition) is 3. The highest BCUT2D eigenvalue weighted by molar-refractivity contribution is 5.98. The van der Waals surface area contributed by atoms with E-state index in [-0.39, 0.29) is 18.9 Å². The first kappa shape index (κ1) is 25.0. The molecular formula is C22H32F3NO3. The molecule has 0 spiro atoms. The zero-order valence-electron chi connectivity index (χ0n) is 17.5. The van der Waals surface area contributed by atoms with Crippen LogP contribution >= 0.6 is 0 Å². The van der Waals surface area contributed by atoms with Crippen LogP contribution in [0, 0.1) is 5.92 Å². The maximum Gasteiger partial charge on any atom is 0.417 e. The van der Waals surface area contributed by atoms with Gasteiger partial charge in [0, 0.05) is 0 Å². The number of esters is 1. The third-order valence-corrected chi connectivity index (χ3v) is 4.52. The summed E-state index contributed by atoms with van der Waals surface area (Å²) in [5, 5.41) is 2.43. The van der Waals surface area contributed by atoms with Crippen molar-refractivity contribution in [3.63, 3.8) is 0 Å². The number of nitrogens with one attached hydrogen (secondary N) is 1. The van der Waals surface area contributed by atoms with E-state index in [2.05, 4.69) is 12.2 Å². The van der Waals surface area contributed by atoms with E-state index in [0.717, 1.165) is 44.2 Å². The number of carbonyl (C=O) groups excluding carboxylic acids is 2. The quantitative estimate of drug-likeness (QED) is 0.349. The first-order chi connectivity index (χ1) is 13.7. The van der Waals surface area contributed by atoms with Gasteiger partial charge in [-0.2, -0.15) is 13.2 Å². The van der Waals surface area contributed by atoms with E-state index < -0.39 is 35.2 Å².